The third kappa shape index (κ3) is 2.68. The maximum absolute atomic E-state index is 12.5. The number of aromatic carboxylic acids is 1. The first kappa shape index (κ1) is 14.5. The lowest BCUT2D eigenvalue weighted by molar-refractivity contribution is 0.0702. The second-order valence-corrected chi connectivity index (χ2v) is 8.75. The van der Waals surface area contributed by atoms with Gasteiger partial charge in [0.05, 0.1) is 4.90 Å². The first-order valence-electron chi connectivity index (χ1n) is 5.97. The highest BCUT2D eigenvalue weighted by Crippen LogP contribution is 2.35. The van der Waals surface area contributed by atoms with Gasteiger partial charge in [-0.1, -0.05) is 13.8 Å². The van der Waals surface area contributed by atoms with Gasteiger partial charge in [0, 0.05) is 18.0 Å². The smallest absolute Gasteiger partial charge is 0.345 e. The minimum absolute atomic E-state index is 0.0212. The highest BCUT2D eigenvalue weighted by Gasteiger charge is 2.38. The molecule has 5 nitrogen and oxygen atoms in total. The summed E-state index contributed by atoms with van der Waals surface area (Å²) in [6.45, 7) is 6.68. The molecule has 2 rings (SSSR count). The van der Waals surface area contributed by atoms with Crippen LogP contribution in [0.15, 0.2) is 11.0 Å². The van der Waals surface area contributed by atoms with Crippen LogP contribution in [0.2, 0.25) is 0 Å². The summed E-state index contributed by atoms with van der Waals surface area (Å²) < 4.78 is 26.5. The second-order valence-electron chi connectivity index (χ2n) is 5.59. The van der Waals surface area contributed by atoms with E-state index in [0.717, 1.165) is 17.8 Å². The molecule has 0 aliphatic carbocycles. The lowest BCUT2D eigenvalue weighted by atomic mass is 9.93. The molecule has 0 bridgehead atoms. The molecule has 1 aromatic heterocycles. The topological polar surface area (TPSA) is 74.7 Å². The van der Waals surface area contributed by atoms with Crippen LogP contribution in [0.25, 0.3) is 0 Å². The van der Waals surface area contributed by atoms with Gasteiger partial charge in [0.2, 0.25) is 10.0 Å². The Morgan fingerprint density at radius 1 is 1.47 bits per heavy atom. The van der Waals surface area contributed by atoms with Gasteiger partial charge in [-0.3, -0.25) is 0 Å². The fourth-order valence-corrected chi connectivity index (χ4v) is 5.26. The molecule has 7 heteroatoms. The van der Waals surface area contributed by atoms with Crippen molar-refractivity contribution in [1.82, 2.24) is 4.31 Å². The summed E-state index contributed by atoms with van der Waals surface area (Å²) in [4.78, 5) is 11.6. The normalized spacial score (nSPS) is 19.7. The fourth-order valence-electron chi connectivity index (χ4n) is 2.23. The molecule has 2 heterocycles. The molecule has 1 aromatic rings. The Labute approximate surface area is 116 Å². The van der Waals surface area contributed by atoms with Crippen LogP contribution in [0.3, 0.4) is 0 Å². The van der Waals surface area contributed by atoms with Crippen LogP contribution < -0.4 is 0 Å². The minimum atomic E-state index is -3.57. The van der Waals surface area contributed by atoms with Crippen LogP contribution in [0.1, 0.15) is 34.8 Å². The molecular formula is C12H17NO4S2. The van der Waals surface area contributed by atoms with E-state index in [-0.39, 0.29) is 15.2 Å². The molecule has 1 fully saturated rings. The van der Waals surface area contributed by atoms with Crippen LogP contribution in [-0.2, 0) is 10.0 Å². The van der Waals surface area contributed by atoms with Crippen LogP contribution in [0, 0.1) is 12.3 Å². The van der Waals surface area contributed by atoms with Gasteiger partial charge in [-0.05, 0) is 24.8 Å². The first-order chi connectivity index (χ1) is 8.63. The summed E-state index contributed by atoms with van der Waals surface area (Å²) in [5.74, 6) is -1.09. The maximum atomic E-state index is 12.5. The van der Waals surface area contributed by atoms with Gasteiger partial charge in [0.25, 0.3) is 0 Å². The van der Waals surface area contributed by atoms with Gasteiger partial charge in [0.15, 0.2) is 0 Å². The van der Waals surface area contributed by atoms with Crippen molar-refractivity contribution in [2.75, 3.05) is 13.1 Å². The van der Waals surface area contributed by atoms with E-state index >= 15 is 0 Å². The van der Waals surface area contributed by atoms with Crippen molar-refractivity contribution in [3.05, 3.63) is 15.8 Å². The number of hydrogen-bond acceptors (Lipinski definition) is 4. The van der Waals surface area contributed by atoms with Crippen molar-refractivity contribution < 1.29 is 18.3 Å². The predicted molar refractivity (Wildman–Crippen MR) is 73.2 cm³/mol. The number of rotatable bonds is 3. The standard InChI is InChI=1S/C12H17NO4S2/c1-8-10(6-9(18-8)11(14)15)19(16,17)13-5-4-12(2,3)7-13/h6H,4-5,7H2,1-3H3,(H,14,15). The lowest BCUT2D eigenvalue weighted by Gasteiger charge is -2.19. The molecule has 0 saturated carbocycles. The van der Waals surface area contributed by atoms with Crippen molar-refractivity contribution in [3.63, 3.8) is 0 Å². The second kappa shape index (κ2) is 4.57. The molecule has 106 valence electrons. The van der Waals surface area contributed by atoms with E-state index in [4.69, 9.17) is 5.11 Å². The molecule has 1 N–H and O–H groups in total. The number of carboxylic acids is 1. The Kier molecular flexibility index (Phi) is 3.49. The molecular weight excluding hydrogens is 286 g/mol. The number of thiophene rings is 1. The number of hydrogen-bond donors (Lipinski definition) is 1. The molecule has 1 aliphatic heterocycles. The summed E-state index contributed by atoms with van der Waals surface area (Å²) in [7, 11) is -3.57. The lowest BCUT2D eigenvalue weighted by Crippen LogP contribution is -2.30. The largest absolute Gasteiger partial charge is 0.477 e. The number of aryl methyl sites for hydroxylation is 1. The van der Waals surface area contributed by atoms with Crippen LogP contribution >= 0.6 is 11.3 Å². The predicted octanol–water partition coefficient (Wildman–Crippen LogP) is 2.18. The van der Waals surface area contributed by atoms with E-state index in [1.165, 1.54) is 10.4 Å². The van der Waals surface area contributed by atoms with Crippen molar-refractivity contribution in [2.24, 2.45) is 5.41 Å². The molecule has 0 atom stereocenters. The van der Waals surface area contributed by atoms with E-state index < -0.39 is 16.0 Å². The third-order valence-electron chi connectivity index (χ3n) is 3.34. The van der Waals surface area contributed by atoms with E-state index in [1.54, 1.807) is 6.92 Å². The van der Waals surface area contributed by atoms with Gasteiger partial charge in [-0.25, -0.2) is 13.2 Å². The number of carbonyl (C=O) groups is 1. The zero-order valence-electron chi connectivity index (χ0n) is 11.1. The van der Waals surface area contributed by atoms with Crippen LogP contribution in [-0.4, -0.2) is 36.9 Å². The summed E-state index contributed by atoms with van der Waals surface area (Å²) in [5.41, 5.74) is -0.0212. The molecule has 0 radical (unpaired) electrons. The summed E-state index contributed by atoms with van der Waals surface area (Å²) >= 11 is 1.00. The number of carboxylic acid groups (broad SMARTS) is 1. The third-order valence-corrected chi connectivity index (χ3v) is 6.48. The highest BCUT2D eigenvalue weighted by atomic mass is 32.2. The SMILES string of the molecule is Cc1sc(C(=O)O)cc1S(=O)(=O)N1CCC(C)(C)C1. The maximum Gasteiger partial charge on any atom is 0.345 e. The van der Waals surface area contributed by atoms with Gasteiger partial charge < -0.3 is 5.11 Å². The van der Waals surface area contributed by atoms with Gasteiger partial charge in [-0.15, -0.1) is 11.3 Å². The Hall–Kier alpha value is -0.920. The number of sulfonamides is 1. The van der Waals surface area contributed by atoms with Gasteiger partial charge in [0.1, 0.15) is 4.88 Å². The quantitative estimate of drug-likeness (QED) is 0.928. The van der Waals surface area contributed by atoms with Gasteiger partial charge >= 0.3 is 5.97 Å². The molecule has 0 spiro atoms. The van der Waals surface area contributed by atoms with E-state index in [0.29, 0.717) is 18.0 Å². The molecule has 1 aliphatic rings. The van der Waals surface area contributed by atoms with E-state index in [1.807, 2.05) is 13.8 Å². The Morgan fingerprint density at radius 3 is 2.53 bits per heavy atom. The Balaban J connectivity index is 2.38. The number of nitrogens with zero attached hydrogens (tertiary/aromatic N) is 1. The summed E-state index contributed by atoms with van der Waals surface area (Å²) in [6, 6.07) is 1.27. The van der Waals surface area contributed by atoms with Crippen molar-refractivity contribution in [3.8, 4) is 0 Å². The molecule has 0 unspecified atom stereocenters. The van der Waals surface area contributed by atoms with E-state index in [9.17, 15) is 13.2 Å². The van der Waals surface area contributed by atoms with E-state index in [2.05, 4.69) is 0 Å². The van der Waals surface area contributed by atoms with Crippen LogP contribution in [0.4, 0.5) is 0 Å². The zero-order chi connectivity index (χ0) is 14.4. The monoisotopic (exact) mass is 303 g/mol. The molecule has 19 heavy (non-hydrogen) atoms. The van der Waals surface area contributed by atoms with Crippen molar-refractivity contribution >= 4 is 27.3 Å². The minimum Gasteiger partial charge on any atom is -0.477 e. The average Bonchev–Trinajstić information content (AvgIpc) is 2.82. The summed E-state index contributed by atoms with van der Waals surface area (Å²) in [5, 5.41) is 8.94. The molecule has 0 amide bonds. The van der Waals surface area contributed by atoms with Crippen LogP contribution in [0.5, 0.6) is 0 Å². The van der Waals surface area contributed by atoms with Gasteiger partial charge in [-0.2, -0.15) is 4.31 Å². The van der Waals surface area contributed by atoms with Crippen molar-refractivity contribution in [1.29, 1.82) is 0 Å². The average molecular weight is 303 g/mol. The fraction of sp³-hybridized carbons (Fsp3) is 0.583. The molecule has 1 saturated heterocycles. The van der Waals surface area contributed by atoms with Crippen molar-refractivity contribution in [2.45, 2.75) is 32.1 Å². The first-order valence-corrected chi connectivity index (χ1v) is 8.23. The Morgan fingerprint density at radius 2 is 2.11 bits per heavy atom. The zero-order valence-corrected chi connectivity index (χ0v) is 12.8. The highest BCUT2D eigenvalue weighted by molar-refractivity contribution is 7.89. The Bertz CT molecular complexity index is 616. The molecule has 0 aromatic carbocycles. The summed E-state index contributed by atoms with van der Waals surface area (Å²) in [6.07, 6.45) is 0.821.